The average molecular weight is 136 g/mol. The van der Waals surface area contributed by atoms with E-state index in [4.69, 9.17) is 5.11 Å². The number of hydrogen-bond donors (Lipinski definition) is 1. The van der Waals surface area contributed by atoms with Gasteiger partial charge in [0, 0.05) is 0 Å². The Hall–Kier alpha value is -0.880. The highest BCUT2D eigenvalue weighted by Crippen LogP contribution is 1.82. The first-order chi connectivity index (χ1) is 4.16. The maximum atomic E-state index is 9.69. The zero-order chi connectivity index (χ0) is 7.28. The van der Waals surface area contributed by atoms with Crippen LogP contribution in [0.1, 0.15) is 0 Å². The predicted molar refractivity (Wildman–Crippen MR) is 24.5 cm³/mol. The Morgan fingerprint density at radius 2 is 2.33 bits per heavy atom. The maximum Gasteiger partial charge on any atom is 0.294 e. The molecular weight excluding hydrogens is 130 g/mol. The summed E-state index contributed by atoms with van der Waals surface area (Å²) in [6, 6.07) is 0. The summed E-state index contributed by atoms with van der Waals surface area (Å²) in [5.74, 6) is 0. The first-order valence-corrected chi connectivity index (χ1v) is 2.20. The van der Waals surface area contributed by atoms with Gasteiger partial charge in [0.1, 0.15) is 19.3 Å². The topological polar surface area (TPSA) is 92.5 Å². The van der Waals surface area contributed by atoms with Gasteiger partial charge in [0.25, 0.3) is 5.09 Å². The van der Waals surface area contributed by atoms with Crippen LogP contribution in [-0.4, -0.2) is 29.5 Å². The number of hydrogen-bond acceptors (Lipinski definition) is 4. The van der Waals surface area contributed by atoms with Crippen LogP contribution in [0, 0.1) is 10.1 Å². The van der Waals surface area contributed by atoms with Gasteiger partial charge in [0.15, 0.2) is 0 Å². The van der Waals surface area contributed by atoms with Crippen molar-refractivity contribution in [1.82, 2.24) is 0 Å². The average Bonchev–Trinajstić information content (AvgIpc) is 1.83. The minimum absolute atomic E-state index is 0.545. The van der Waals surface area contributed by atoms with Crippen LogP contribution in [0.15, 0.2) is 0 Å². The predicted octanol–water partition coefficient (Wildman–Crippen LogP) is -1.01. The fraction of sp³-hybridized carbons (Fsp3) is 1.00. The second kappa shape index (κ2) is 4.04. The highest BCUT2D eigenvalue weighted by Gasteiger charge is 2.04. The number of aliphatic hydroxyl groups is 1. The van der Waals surface area contributed by atoms with Gasteiger partial charge in [-0.3, -0.25) is 0 Å². The molecule has 0 aromatic carbocycles. The molecule has 1 radical (unpaired) electrons. The number of aliphatic hydroxyl groups excluding tert-OH is 1. The number of nitrogens with zero attached hydrogens (tertiary/aromatic N) is 1. The van der Waals surface area contributed by atoms with Gasteiger partial charge < -0.3 is 9.94 Å². The van der Waals surface area contributed by atoms with Gasteiger partial charge in [-0.2, -0.15) is 0 Å². The van der Waals surface area contributed by atoms with Crippen molar-refractivity contribution in [1.29, 1.82) is 0 Å². The van der Waals surface area contributed by atoms with Crippen LogP contribution in [0.5, 0.6) is 0 Å². The summed E-state index contributed by atoms with van der Waals surface area (Å²) in [4.78, 5) is 13.1. The molecule has 9 heavy (non-hydrogen) atoms. The van der Waals surface area contributed by atoms with Crippen molar-refractivity contribution in [3.05, 3.63) is 10.1 Å². The van der Waals surface area contributed by atoms with Crippen molar-refractivity contribution >= 4 is 0 Å². The van der Waals surface area contributed by atoms with Crippen molar-refractivity contribution in [2.75, 3.05) is 13.2 Å². The van der Waals surface area contributed by atoms with E-state index in [1.807, 2.05) is 0 Å². The molecule has 6 heteroatoms. The second-order valence-electron chi connectivity index (χ2n) is 1.34. The number of rotatable bonds is 4. The molecular formula is C3H6NO5. The van der Waals surface area contributed by atoms with E-state index in [0.717, 1.165) is 0 Å². The zero-order valence-corrected chi connectivity index (χ0v) is 4.52. The van der Waals surface area contributed by atoms with E-state index in [-0.39, 0.29) is 0 Å². The molecule has 0 saturated heterocycles. The Kier molecular flexibility index (Phi) is 3.65. The lowest BCUT2D eigenvalue weighted by molar-refractivity contribution is -0.759. The van der Waals surface area contributed by atoms with Gasteiger partial charge in [-0.15, -0.1) is 10.1 Å². The molecule has 0 fully saturated rings. The molecule has 0 rings (SSSR count). The molecule has 1 unspecified atom stereocenters. The monoisotopic (exact) mass is 136 g/mol. The van der Waals surface area contributed by atoms with Gasteiger partial charge in [-0.25, -0.2) is 5.11 Å². The Bertz CT molecular complexity index is 94.2. The van der Waals surface area contributed by atoms with Crippen LogP contribution >= 0.6 is 0 Å². The molecule has 0 aliphatic heterocycles. The molecule has 53 valence electrons. The van der Waals surface area contributed by atoms with E-state index < -0.39 is 24.4 Å². The summed E-state index contributed by atoms with van der Waals surface area (Å²) in [5, 5.41) is 26.4. The van der Waals surface area contributed by atoms with Gasteiger partial charge in [0.05, 0.1) is 0 Å². The molecule has 0 amide bonds. The first kappa shape index (κ1) is 8.12. The SMILES string of the molecule is [O]CC(O)CO[N+](=O)[O-]. The van der Waals surface area contributed by atoms with Crippen molar-refractivity contribution in [3.8, 4) is 0 Å². The summed E-state index contributed by atoms with van der Waals surface area (Å²) < 4.78 is 0. The van der Waals surface area contributed by atoms with Crippen molar-refractivity contribution in [2.24, 2.45) is 0 Å². The molecule has 0 aliphatic carbocycles. The Balaban J connectivity index is 3.16. The van der Waals surface area contributed by atoms with E-state index in [9.17, 15) is 15.2 Å². The van der Waals surface area contributed by atoms with E-state index >= 15 is 0 Å². The molecule has 1 N–H and O–H groups in total. The maximum absolute atomic E-state index is 9.69. The summed E-state index contributed by atoms with van der Waals surface area (Å²) in [5.41, 5.74) is 0. The van der Waals surface area contributed by atoms with Gasteiger partial charge in [-0.1, -0.05) is 0 Å². The standard InChI is InChI=1S/C3H6NO5/c5-1-3(6)2-9-4(7)8/h3,6H,1-2H2. The lowest BCUT2D eigenvalue weighted by Gasteiger charge is -2.01. The van der Waals surface area contributed by atoms with Crippen molar-refractivity contribution < 1.29 is 20.1 Å². The molecule has 0 aliphatic rings. The normalized spacial score (nSPS) is 12.7. The van der Waals surface area contributed by atoms with Crippen LogP contribution in [0.3, 0.4) is 0 Å². The van der Waals surface area contributed by atoms with E-state index in [0.29, 0.717) is 0 Å². The van der Waals surface area contributed by atoms with Gasteiger partial charge >= 0.3 is 0 Å². The van der Waals surface area contributed by atoms with Crippen LogP contribution in [0.4, 0.5) is 0 Å². The van der Waals surface area contributed by atoms with Crippen molar-refractivity contribution in [2.45, 2.75) is 6.10 Å². The van der Waals surface area contributed by atoms with Crippen LogP contribution in [-0.2, 0) is 9.94 Å². The fourth-order valence-electron chi connectivity index (χ4n) is 0.195. The minimum atomic E-state index is -1.28. The van der Waals surface area contributed by atoms with E-state index in [1.165, 1.54) is 0 Å². The van der Waals surface area contributed by atoms with Gasteiger partial charge in [0.2, 0.25) is 0 Å². The highest BCUT2D eigenvalue weighted by molar-refractivity contribution is 4.45. The summed E-state index contributed by atoms with van der Waals surface area (Å²) in [6.07, 6.45) is -1.28. The summed E-state index contributed by atoms with van der Waals surface area (Å²) in [7, 11) is 0. The Labute approximate surface area is 50.8 Å². The molecule has 0 spiro atoms. The highest BCUT2D eigenvalue weighted by atomic mass is 17.0. The summed E-state index contributed by atoms with van der Waals surface area (Å²) in [6.45, 7) is -1.33. The molecule has 0 saturated carbocycles. The van der Waals surface area contributed by atoms with E-state index in [1.54, 1.807) is 0 Å². The third kappa shape index (κ3) is 4.98. The van der Waals surface area contributed by atoms with Crippen LogP contribution in [0.25, 0.3) is 0 Å². The molecule has 0 heterocycles. The van der Waals surface area contributed by atoms with Crippen LogP contribution < -0.4 is 0 Å². The van der Waals surface area contributed by atoms with E-state index in [2.05, 4.69) is 4.84 Å². The largest absolute Gasteiger partial charge is 0.389 e. The molecule has 0 aromatic rings. The Morgan fingerprint density at radius 1 is 1.78 bits per heavy atom. The Morgan fingerprint density at radius 3 is 2.67 bits per heavy atom. The minimum Gasteiger partial charge on any atom is -0.389 e. The zero-order valence-electron chi connectivity index (χ0n) is 4.52. The lowest BCUT2D eigenvalue weighted by Crippen LogP contribution is -2.20. The second-order valence-corrected chi connectivity index (χ2v) is 1.34. The molecule has 0 bridgehead atoms. The van der Waals surface area contributed by atoms with Gasteiger partial charge in [-0.05, 0) is 0 Å². The smallest absolute Gasteiger partial charge is 0.294 e. The third-order valence-electron chi connectivity index (χ3n) is 0.565. The van der Waals surface area contributed by atoms with Crippen LogP contribution in [0.2, 0.25) is 0 Å². The molecule has 1 atom stereocenters. The third-order valence-corrected chi connectivity index (χ3v) is 0.565. The lowest BCUT2D eigenvalue weighted by atomic mass is 10.4. The molecule has 0 aromatic heterocycles. The fourth-order valence-corrected chi connectivity index (χ4v) is 0.195. The molecule has 6 nitrogen and oxygen atoms in total. The van der Waals surface area contributed by atoms with Crippen molar-refractivity contribution in [3.63, 3.8) is 0 Å². The quantitative estimate of drug-likeness (QED) is 0.395. The summed E-state index contributed by atoms with van der Waals surface area (Å²) >= 11 is 0. The first-order valence-electron chi connectivity index (χ1n) is 2.20.